The summed E-state index contributed by atoms with van der Waals surface area (Å²) in [5, 5.41) is 9.62. The van der Waals surface area contributed by atoms with Gasteiger partial charge in [0.1, 0.15) is 5.75 Å². The van der Waals surface area contributed by atoms with Crippen molar-refractivity contribution in [3.8, 4) is 5.75 Å². The first-order chi connectivity index (χ1) is 6.65. The molecule has 0 spiro atoms. The van der Waals surface area contributed by atoms with Gasteiger partial charge in [0, 0.05) is 16.1 Å². The van der Waals surface area contributed by atoms with E-state index in [1.54, 1.807) is 6.07 Å². The minimum Gasteiger partial charge on any atom is -0.508 e. The zero-order valence-electron chi connectivity index (χ0n) is 8.32. The molecule has 0 fully saturated rings. The van der Waals surface area contributed by atoms with Gasteiger partial charge in [0.2, 0.25) is 0 Å². The van der Waals surface area contributed by atoms with Crippen LogP contribution in [0, 0.1) is 0 Å². The Balaban J connectivity index is 0.00000196. The molecule has 0 bridgehead atoms. The van der Waals surface area contributed by atoms with Crippen molar-refractivity contribution in [2.75, 3.05) is 6.54 Å². The summed E-state index contributed by atoms with van der Waals surface area (Å²) in [6.07, 6.45) is 1.67. The van der Waals surface area contributed by atoms with Gasteiger partial charge in [-0.1, -0.05) is 22.0 Å². The average Bonchev–Trinajstić information content (AvgIpc) is 2.14. The highest BCUT2D eigenvalue weighted by Crippen LogP contribution is 2.28. The zero-order chi connectivity index (χ0) is 10.6. The van der Waals surface area contributed by atoms with E-state index in [0.29, 0.717) is 6.54 Å². The first-order valence-corrected chi connectivity index (χ1v) is 5.38. The summed E-state index contributed by atoms with van der Waals surface area (Å²) in [4.78, 5) is 0. The standard InChI is InChI=1S/C10H15BrN2O.ClH/c11-7-3-4-8(10(14)6-7)9(13)2-1-5-12;/h3-4,6,9,14H,1-2,5,12-13H2;1H/t9-;/m0./s1. The molecule has 0 saturated carbocycles. The summed E-state index contributed by atoms with van der Waals surface area (Å²) < 4.78 is 0.852. The van der Waals surface area contributed by atoms with Crippen LogP contribution in [0.25, 0.3) is 0 Å². The molecule has 0 aromatic heterocycles. The highest BCUT2D eigenvalue weighted by Gasteiger charge is 2.10. The molecule has 5 N–H and O–H groups in total. The summed E-state index contributed by atoms with van der Waals surface area (Å²) in [7, 11) is 0. The summed E-state index contributed by atoms with van der Waals surface area (Å²) in [5.74, 6) is 0.240. The van der Waals surface area contributed by atoms with Crippen LogP contribution >= 0.6 is 28.3 Å². The van der Waals surface area contributed by atoms with Crippen molar-refractivity contribution >= 4 is 28.3 Å². The summed E-state index contributed by atoms with van der Waals surface area (Å²) in [5.41, 5.74) is 12.1. The van der Waals surface area contributed by atoms with Crippen LogP contribution in [0.5, 0.6) is 5.75 Å². The number of rotatable bonds is 4. The Morgan fingerprint density at radius 3 is 2.60 bits per heavy atom. The molecular formula is C10H16BrClN2O. The van der Waals surface area contributed by atoms with Crippen molar-refractivity contribution in [3.05, 3.63) is 28.2 Å². The molecule has 86 valence electrons. The highest BCUT2D eigenvalue weighted by molar-refractivity contribution is 9.10. The van der Waals surface area contributed by atoms with Crippen molar-refractivity contribution in [1.82, 2.24) is 0 Å². The number of phenols is 1. The van der Waals surface area contributed by atoms with Crippen LogP contribution < -0.4 is 11.5 Å². The Morgan fingerprint density at radius 2 is 2.07 bits per heavy atom. The maximum atomic E-state index is 9.62. The van der Waals surface area contributed by atoms with E-state index < -0.39 is 0 Å². The molecule has 1 aromatic carbocycles. The lowest BCUT2D eigenvalue weighted by Gasteiger charge is -2.13. The number of benzene rings is 1. The minimum absolute atomic E-state index is 0. The van der Waals surface area contributed by atoms with Crippen molar-refractivity contribution in [2.24, 2.45) is 11.5 Å². The number of aromatic hydroxyl groups is 1. The molecule has 0 amide bonds. The Labute approximate surface area is 104 Å². The fourth-order valence-corrected chi connectivity index (χ4v) is 1.67. The lowest BCUT2D eigenvalue weighted by molar-refractivity contribution is 0.457. The van der Waals surface area contributed by atoms with E-state index >= 15 is 0 Å². The van der Waals surface area contributed by atoms with Gasteiger partial charge >= 0.3 is 0 Å². The Morgan fingerprint density at radius 1 is 1.40 bits per heavy atom. The first-order valence-electron chi connectivity index (χ1n) is 4.59. The monoisotopic (exact) mass is 294 g/mol. The van der Waals surface area contributed by atoms with Crippen LogP contribution in [-0.4, -0.2) is 11.7 Å². The Hall–Kier alpha value is -0.290. The van der Waals surface area contributed by atoms with Crippen molar-refractivity contribution < 1.29 is 5.11 Å². The molecule has 1 aromatic rings. The summed E-state index contributed by atoms with van der Waals surface area (Å²) in [6, 6.07) is 5.22. The SMILES string of the molecule is Cl.NCCC[C@H](N)c1ccc(Br)cc1O. The molecule has 0 saturated heterocycles. The van der Waals surface area contributed by atoms with Gasteiger partial charge in [-0.15, -0.1) is 12.4 Å². The fourth-order valence-electron chi connectivity index (χ4n) is 1.32. The average molecular weight is 296 g/mol. The number of hydrogen-bond donors (Lipinski definition) is 3. The van der Waals surface area contributed by atoms with E-state index in [4.69, 9.17) is 11.5 Å². The van der Waals surface area contributed by atoms with E-state index in [9.17, 15) is 5.11 Å². The maximum absolute atomic E-state index is 9.62. The number of halogens is 2. The predicted octanol–water partition coefficient (Wildman–Crippen LogP) is 2.32. The zero-order valence-corrected chi connectivity index (χ0v) is 10.7. The third kappa shape index (κ3) is 4.38. The number of phenolic OH excluding ortho intramolecular Hbond substituents is 1. The van der Waals surface area contributed by atoms with Gasteiger partial charge in [0.15, 0.2) is 0 Å². The number of hydrogen-bond acceptors (Lipinski definition) is 3. The molecule has 0 heterocycles. The van der Waals surface area contributed by atoms with Crippen LogP contribution in [-0.2, 0) is 0 Å². The van der Waals surface area contributed by atoms with Gasteiger partial charge in [-0.3, -0.25) is 0 Å². The molecular weight excluding hydrogens is 279 g/mol. The van der Waals surface area contributed by atoms with Crippen LogP contribution in [0.3, 0.4) is 0 Å². The molecule has 0 radical (unpaired) electrons. The third-order valence-electron chi connectivity index (χ3n) is 2.11. The lowest BCUT2D eigenvalue weighted by Crippen LogP contribution is -2.12. The largest absolute Gasteiger partial charge is 0.508 e. The first kappa shape index (κ1) is 14.7. The van der Waals surface area contributed by atoms with E-state index in [2.05, 4.69) is 15.9 Å². The van der Waals surface area contributed by atoms with E-state index in [-0.39, 0.29) is 24.2 Å². The molecule has 5 heteroatoms. The van der Waals surface area contributed by atoms with Crippen molar-refractivity contribution in [1.29, 1.82) is 0 Å². The van der Waals surface area contributed by atoms with Gasteiger partial charge in [0.25, 0.3) is 0 Å². The van der Waals surface area contributed by atoms with E-state index in [1.165, 1.54) is 0 Å². The normalized spacial score (nSPS) is 11.9. The topological polar surface area (TPSA) is 72.3 Å². The smallest absolute Gasteiger partial charge is 0.121 e. The van der Waals surface area contributed by atoms with Crippen LogP contribution in [0.1, 0.15) is 24.4 Å². The van der Waals surface area contributed by atoms with Crippen LogP contribution in [0.15, 0.2) is 22.7 Å². The second kappa shape index (κ2) is 7.06. The van der Waals surface area contributed by atoms with Gasteiger partial charge in [-0.25, -0.2) is 0 Å². The van der Waals surface area contributed by atoms with Crippen LogP contribution in [0.2, 0.25) is 0 Å². The summed E-state index contributed by atoms with van der Waals surface area (Å²) in [6.45, 7) is 0.630. The number of nitrogens with two attached hydrogens (primary N) is 2. The predicted molar refractivity (Wildman–Crippen MR) is 68.3 cm³/mol. The molecule has 0 unspecified atom stereocenters. The molecule has 0 aliphatic rings. The molecule has 0 aliphatic carbocycles. The minimum atomic E-state index is -0.133. The lowest BCUT2D eigenvalue weighted by atomic mass is 10.0. The molecule has 1 atom stereocenters. The van der Waals surface area contributed by atoms with Crippen LogP contribution in [0.4, 0.5) is 0 Å². The molecule has 15 heavy (non-hydrogen) atoms. The second-order valence-corrected chi connectivity index (χ2v) is 4.16. The Kier molecular flexibility index (Phi) is 6.92. The molecule has 0 aliphatic heterocycles. The molecule has 3 nitrogen and oxygen atoms in total. The highest BCUT2D eigenvalue weighted by atomic mass is 79.9. The summed E-state index contributed by atoms with van der Waals surface area (Å²) >= 11 is 3.28. The second-order valence-electron chi connectivity index (χ2n) is 3.24. The van der Waals surface area contributed by atoms with Gasteiger partial charge in [-0.2, -0.15) is 0 Å². The van der Waals surface area contributed by atoms with Gasteiger partial charge < -0.3 is 16.6 Å². The van der Waals surface area contributed by atoms with Crippen molar-refractivity contribution in [2.45, 2.75) is 18.9 Å². The quantitative estimate of drug-likeness (QED) is 0.798. The third-order valence-corrected chi connectivity index (χ3v) is 2.60. The fraction of sp³-hybridized carbons (Fsp3) is 0.400. The molecule has 1 rings (SSSR count). The van der Waals surface area contributed by atoms with E-state index in [0.717, 1.165) is 22.9 Å². The maximum Gasteiger partial charge on any atom is 0.121 e. The van der Waals surface area contributed by atoms with Gasteiger partial charge in [0.05, 0.1) is 0 Å². The Bertz CT molecular complexity index is 309. The van der Waals surface area contributed by atoms with E-state index in [1.807, 2.05) is 12.1 Å². The van der Waals surface area contributed by atoms with Gasteiger partial charge in [-0.05, 0) is 31.5 Å². The van der Waals surface area contributed by atoms with Crippen molar-refractivity contribution in [3.63, 3.8) is 0 Å².